The van der Waals surface area contributed by atoms with E-state index in [4.69, 9.17) is 0 Å². The molecule has 0 radical (unpaired) electrons. The molecular weight excluding hydrogens is 349 g/mol. The molecule has 1 saturated heterocycles. The number of hydrogen-bond acceptors (Lipinski definition) is 3. The van der Waals surface area contributed by atoms with Crippen LogP contribution in [-0.4, -0.2) is 39.2 Å². The van der Waals surface area contributed by atoms with Gasteiger partial charge in [-0.1, -0.05) is 23.2 Å². The summed E-state index contributed by atoms with van der Waals surface area (Å²) in [6.45, 7) is 5.92. The number of amides is 3. The third-order valence-corrected chi connectivity index (χ3v) is 5.05. The zero-order chi connectivity index (χ0) is 19.5. The van der Waals surface area contributed by atoms with Crippen molar-refractivity contribution in [3.05, 3.63) is 47.5 Å². The number of imide groups is 1. The van der Waals surface area contributed by atoms with Crippen molar-refractivity contribution in [2.24, 2.45) is 4.99 Å². The Morgan fingerprint density at radius 1 is 1.26 bits per heavy atom. The largest absolute Gasteiger partial charge is 0.402 e. The summed E-state index contributed by atoms with van der Waals surface area (Å²) in [4.78, 5) is 33.0. The van der Waals surface area contributed by atoms with E-state index in [1.165, 1.54) is 11.0 Å². The van der Waals surface area contributed by atoms with Crippen LogP contribution in [0.4, 0.5) is 15.1 Å². The molecule has 4 rings (SSSR count). The Hall–Kier alpha value is -3.03. The molecule has 2 aromatic rings. The van der Waals surface area contributed by atoms with Gasteiger partial charge in [-0.2, -0.15) is 0 Å². The molecule has 0 N–H and O–H groups in total. The number of nitrogens with zero attached hydrogens (tertiary/aromatic N) is 5. The molecule has 1 atom stereocenters. The Kier molecular flexibility index (Phi) is 3.87. The van der Waals surface area contributed by atoms with Gasteiger partial charge in [0, 0.05) is 12.6 Å². The van der Waals surface area contributed by atoms with E-state index in [1.54, 1.807) is 29.8 Å². The number of likely N-dealkylation sites (N-methyl/N-ethyl adjacent to an activating group) is 1. The van der Waals surface area contributed by atoms with Crippen molar-refractivity contribution in [3.63, 3.8) is 0 Å². The lowest BCUT2D eigenvalue weighted by molar-refractivity contribution is -0.677. The number of benzene rings is 1. The topological polar surface area (TPSA) is 61.8 Å². The van der Waals surface area contributed by atoms with Gasteiger partial charge in [0.25, 0.3) is 5.91 Å². The highest BCUT2D eigenvalue weighted by Gasteiger charge is 2.53. The molecule has 0 bridgehead atoms. The Balaban J connectivity index is 1.76. The van der Waals surface area contributed by atoms with Crippen LogP contribution in [0.15, 0.2) is 35.5 Å². The number of aryl methyl sites for hydroxylation is 1. The molecule has 140 valence electrons. The Bertz CT molecular complexity index is 994. The van der Waals surface area contributed by atoms with Gasteiger partial charge >= 0.3 is 12.0 Å². The first-order valence-corrected chi connectivity index (χ1v) is 8.85. The van der Waals surface area contributed by atoms with Crippen LogP contribution in [-0.2, 0) is 11.3 Å². The number of fused-ring (bicyclic) bond motifs is 3. The van der Waals surface area contributed by atoms with E-state index in [9.17, 15) is 14.0 Å². The Morgan fingerprint density at radius 2 is 1.96 bits per heavy atom. The zero-order valence-electron chi connectivity index (χ0n) is 15.7. The maximum Gasteiger partial charge on any atom is 0.402 e. The number of rotatable bonds is 3. The first kappa shape index (κ1) is 17.4. The number of aromatic nitrogens is 2. The minimum atomic E-state index is -0.715. The van der Waals surface area contributed by atoms with Gasteiger partial charge in [0.1, 0.15) is 17.7 Å². The SMILES string of the molecule is Cc1c[n+]2c(n1C(C)C)N=C1C2C(=O)N(Cc2ccccc2F)C(=O)N1C. The molecule has 1 aromatic carbocycles. The molecule has 0 saturated carbocycles. The number of aliphatic imine (C=N–C) groups is 1. The highest BCUT2D eigenvalue weighted by Crippen LogP contribution is 2.31. The number of carbonyl (C=O) groups excluding carboxylic acids is 2. The van der Waals surface area contributed by atoms with Crippen molar-refractivity contribution in [1.82, 2.24) is 14.4 Å². The summed E-state index contributed by atoms with van der Waals surface area (Å²) in [5.74, 6) is 0.203. The van der Waals surface area contributed by atoms with Crippen LogP contribution in [0.2, 0.25) is 0 Å². The maximum absolute atomic E-state index is 14.1. The molecule has 8 heteroatoms. The molecule has 2 aliphatic rings. The normalized spacial score (nSPS) is 18.9. The number of carbonyl (C=O) groups is 2. The van der Waals surface area contributed by atoms with Crippen LogP contribution in [0.3, 0.4) is 0 Å². The zero-order valence-corrected chi connectivity index (χ0v) is 15.7. The minimum Gasteiger partial charge on any atom is -0.270 e. The fourth-order valence-electron chi connectivity index (χ4n) is 3.78. The molecule has 27 heavy (non-hydrogen) atoms. The van der Waals surface area contributed by atoms with Gasteiger partial charge < -0.3 is 0 Å². The van der Waals surface area contributed by atoms with E-state index in [-0.39, 0.29) is 12.6 Å². The van der Waals surface area contributed by atoms with E-state index in [1.807, 2.05) is 31.5 Å². The molecule has 3 heterocycles. The van der Waals surface area contributed by atoms with Crippen molar-refractivity contribution in [2.45, 2.75) is 39.4 Å². The molecule has 2 aliphatic heterocycles. The third-order valence-electron chi connectivity index (χ3n) is 5.05. The van der Waals surface area contributed by atoms with Crippen molar-refractivity contribution < 1.29 is 18.5 Å². The molecule has 0 aliphatic carbocycles. The van der Waals surface area contributed by atoms with Gasteiger partial charge in [-0.05, 0) is 26.8 Å². The summed E-state index contributed by atoms with van der Waals surface area (Å²) in [7, 11) is 1.59. The van der Waals surface area contributed by atoms with Crippen LogP contribution in [0.25, 0.3) is 0 Å². The predicted molar refractivity (Wildman–Crippen MR) is 96.0 cm³/mol. The summed E-state index contributed by atoms with van der Waals surface area (Å²) in [5.41, 5.74) is 1.28. The lowest BCUT2D eigenvalue weighted by Crippen LogP contribution is -2.62. The van der Waals surface area contributed by atoms with E-state index < -0.39 is 23.8 Å². The van der Waals surface area contributed by atoms with Gasteiger partial charge in [0.05, 0.1) is 12.6 Å². The molecule has 1 unspecified atom stereocenters. The fourth-order valence-corrected chi connectivity index (χ4v) is 3.78. The number of halogens is 1. The first-order valence-electron chi connectivity index (χ1n) is 8.85. The number of amidine groups is 1. The lowest BCUT2D eigenvalue weighted by atomic mass is 10.1. The minimum absolute atomic E-state index is 0.113. The summed E-state index contributed by atoms with van der Waals surface area (Å²) < 4.78 is 17.9. The second kappa shape index (κ2) is 6.00. The second-order valence-electron chi connectivity index (χ2n) is 7.17. The van der Waals surface area contributed by atoms with E-state index in [0.29, 0.717) is 17.3 Å². The maximum atomic E-state index is 14.1. The summed E-state index contributed by atoms with van der Waals surface area (Å²) >= 11 is 0. The molecule has 1 aromatic heterocycles. The monoisotopic (exact) mass is 370 g/mol. The van der Waals surface area contributed by atoms with Crippen LogP contribution in [0, 0.1) is 12.7 Å². The molecule has 1 fully saturated rings. The summed E-state index contributed by atoms with van der Waals surface area (Å²) in [6, 6.07) is 5.10. The standard InChI is InChI=1S/C19H21FN5O2/c1-11(2)25-12(3)9-23-15-16(21-18(23)25)22(4)19(27)24(17(15)26)10-13-7-5-6-8-14(13)20/h5-9,11,15H,10H2,1-4H3/q+1. The van der Waals surface area contributed by atoms with E-state index in [0.717, 1.165) is 10.6 Å². The second-order valence-corrected chi connectivity index (χ2v) is 7.17. The van der Waals surface area contributed by atoms with Crippen LogP contribution < -0.4 is 4.57 Å². The van der Waals surface area contributed by atoms with Crippen LogP contribution >= 0.6 is 0 Å². The van der Waals surface area contributed by atoms with Gasteiger partial charge in [-0.3, -0.25) is 14.6 Å². The average Bonchev–Trinajstić information content (AvgIpc) is 3.12. The van der Waals surface area contributed by atoms with Crippen molar-refractivity contribution in [2.75, 3.05) is 7.05 Å². The summed E-state index contributed by atoms with van der Waals surface area (Å²) in [5, 5.41) is 0. The Labute approximate surface area is 156 Å². The van der Waals surface area contributed by atoms with Crippen LogP contribution in [0.1, 0.15) is 37.2 Å². The van der Waals surface area contributed by atoms with Gasteiger partial charge in [0.2, 0.25) is 11.9 Å². The number of urea groups is 1. The van der Waals surface area contributed by atoms with Crippen LogP contribution in [0.5, 0.6) is 0 Å². The van der Waals surface area contributed by atoms with Crippen molar-refractivity contribution in [1.29, 1.82) is 0 Å². The third kappa shape index (κ3) is 2.47. The summed E-state index contributed by atoms with van der Waals surface area (Å²) in [6.07, 6.45) is 1.87. The predicted octanol–water partition coefficient (Wildman–Crippen LogP) is 2.48. The quantitative estimate of drug-likeness (QED) is 0.780. The molecular formula is C19H21FN5O2+. The average molecular weight is 370 g/mol. The first-order chi connectivity index (χ1) is 12.8. The smallest absolute Gasteiger partial charge is 0.270 e. The highest BCUT2D eigenvalue weighted by molar-refractivity contribution is 6.19. The molecule has 7 nitrogen and oxygen atoms in total. The van der Waals surface area contributed by atoms with Gasteiger partial charge in [0.15, 0.2) is 0 Å². The highest BCUT2D eigenvalue weighted by atomic mass is 19.1. The van der Waals surface area contributed by atoms with E-state index in [2.05, 4.69) is 4.99 Å². The number of imidazole rings is 1. The molecule has 3 amide bonds. The lowest BCUT2D eigenvalue weighted by Gasteiger charge is -2.33. The van der Waals surface area contributed by atoms with E-state index >= 15 is 0 Å². The Morgan fingerprint density at radius 3 is 2.63 bits per heavy atom. The van der Waals surface area contributed by atoms with Gasteiger partial charge in [-0.15, -0.1) is 0 Å². The van der Waals surface area contributed by atoms with Crippen molar-refractivity contribution >= 4 is 23.7 Å². The fraction of sp³-hybridized carbons (Fsp3) is 0.368. The molecule has 0 spiro atoms. The van der Waals surface area contributed by atoms with Crippen molar-refractivity contribution in [3.8, 4) is 0 Å². The number of hydrogen-bond donors (Lipinski definition) is 0. The van der Waals surface area contributed by atoms with Gasteiger partial charge in [-0.25, -0.2) is 18.3 Å².